The third-order valence-electron chi connectivity index (χ3n) is 8.15. The number of ether oxygens (including phenoxy) is 2. The van der Waals surface area contributed by atoms with E-state index in [0.29, 0.717) is 36.5 Å². The summed E-state index contributed by atoms with van der Waals surface area (Å²) < 4.78 is 40.9. The largest absolute Gasteiger partial charge is 0.486 e. The fourth-order valence-electron chi connectivity index (χ4n) is 6.00. The van der Waals surface area contributed by atoms with E-state index in [-0.39, 0.29) is 29.9 Å². The molecule has 3 atom stereocenters. The van der Waals surface area contributed by atoms with Crippen molar-refractivity contribution >= 4 is 15.9 Å². The highest BCUT2D eigenvalue weighted by Gasteiger charge is 2.38. The van der Waals surface area contributed by atoms with Gasteiger partial charge in [-0.2, -0.15) is 4.31 Å². The Morgan fingerprint density at radius 1 is 1.00 bits per heavy atom. The molecule has 9 heteroatoms. The zero-order valence-corrected chi connectivity index (χ0v) is 25.3. The van der Waals surface area contributed by atoms with Crippen LogP contribution in [0.3, 0.4) is 0 Å². The van der Waals surface area contributed by atoms with Crippen molar-refractivity contribution in [2.45, 2.75) is 64.5 Å². The molecular formula is C32H39N3O5S. The second kappa shape index (κ2) is 11.9. The standard InChI is InChI=1S/C32H39N3O5S/c1-21-11-12-22(2)28(16-21)32(36)34-18-30(39-5)31(19-34)40-26-9-6-8-25(17-26)20-41(37,38)35-15-7-10-29(35)27-14-13-23(3)33-24(27)4/h6,8-9,11-14,16-17,29-31H,7,10,15,18-20H2,1-5H3. The van der Waals surface area contributed by atoms with Gasteiger partial charge in [0, 0.05) is 30.6 Å². The second-order valence-corrected chi connectivity index (χ2v) is 13.2. The lowest BCUT2D eigenvalue weighted by Crippen LogP contribution is -2.32. The number of nitrogens with zero attached hydrogens (tertiary/aromatic N) is 3. The number of pyridine rings is 1. The number of benzene rings is 2. The average Bonchev–Trinajstić information content (AvgIpc) is 3.58. The Morgan fingerprint density at radius 2 is 1.78 bits per heavy atom. The first-order chi connectivity index (χ1) is 19.6. The highest BCUT2D eigenvalue weighted by molar-refractivity contribution is 7.88. The van der Waals surface area contributed by atoms with Crippen LogP contribution in [0.4, 0.5) is 0 Å². The molecule has 0 N–H and O–H groups in total. The average molecular weight is 578 g/mol. The smallest absolute Gasteiger partial charge is 0.254 e. The summed E-state index contributed by atoms with van der Waals surface area (Å²) in [6, 6.07) is 16.8. The lowest BCUT2D eigenvalue weighted by atomic mass is 10.0. The van der Waals surface area contributed by atoms with E-state index in [1.54, 1.807) is 22.4 Å². The van der Waals surface area contributed by atoms with E-state index in [1.807, 2.05) is 76.2 Å². The minimum Gasteiger partial charge on any atom is -0.486 e. The van der Waals surface area contributed by atoms with Crippen LogP contribution in [-0.2, 0) is 20.5 Å². The van der Waals surface area contributed by atoms with Crippen molar-refractivity contribution in [2.75, 3.05) is 26.7 Å². The Balaban J connectivity index is 1.29. The SMILES string of the molecule is COC1CN(C(=O)c2cc(C)ccc2C)CC1Oc1cccc(CS(=O)(=O)N2CCCC2c2ccc(C)nc2C)c1. The number of aryl methyl sites for hydroxylation is 4. The van der Waals surface area contributed by atoms with Crippen LogP contribution in [0.25, 0.3) is 0 Å². The molecule has 3 unspecified atom stereocenters. The summed E-state index contributed by atoms with van der Waals surface area (Å²) in [6.45, 7) is 9.10. The second-order valence-electron chi connectivity index (χ2n) is 11.3. The predicted molar refractivity (Wildman–Crippen MR) is 158 cm³/mol. The van der Waals surface area contributed by atoms with Crippen LogP contribution < -0.4 is 4.74 Å². The molecule has 41 heavy (non-hydrogen) atoms. The van der Waals surface area contributed by atoms with Gasteiger partial charge in [-0.3, -0.25) is 9.78 Å². The van der Waals surface area contributed by atoms with Gasteiger partial charge in [0.25, 0.3) is 5.91 Å². The molecule has 2 saturated heterocycles. The van der Waals surface area contributed by atoms with Crippen LogP contribution in [0.1, 0.15) is 62.9 Å². The minimum atomic E-state index is -3.58. The van der Waals surface area contributed by atoms with Crippen molar-refractivity contribution < 1.29 is 22.7 Å². The van der Waals surface area contributed by atoms with E-state index in [2.05, 4.69) is 4.98 Å². The number of carbonyl (C=O) groups is 1. The van der Waals surface area contributed by atoms with Gasteiger partial charge in [0.05, 0.1) is 24.9 Å². The van der Waals surface area contributed by atoms with Gasteiger partial charge in [0.15, 0.2) is 0 Å². The highest BCUT2D eigenvalue weighted by Crippen LogP contribution is 2.36. The number of carbonyl (C=O) groups excluding carboxylic acids is 1. The fourth-order valence-corrected chi connectivity index (χ4v) is 7.78. The molecule has 5 rings (SSSR count). The number of likely N-dealkylation sites (tertiary alicyclic amines) is 1. The normalized spacial score (nSPS) is 21.4. The quantitative estimate of drug-likeness (QED) is 0.378. The van der Waals surface area contributed by atoms with Crippen molar-refractivity contribution in [3.63, 3.8) is 0 Å². The molecular weight excluding hydrogens is 538 g/mol. The number of rotatable bonds is 8. The molecule has 2 aromatic carbocycles. The van der Waals surface area contributed by atoms with Gasteiger partial charge in [-0.1, -0.05) is 35.9 Å². The topological polar surface area (TPSA) is 89.0 Å². The van der Waals surface area contributed by atoms with Crippen LogP contribution in [0.15, 0.2) is 54.6 Å². The van der Waals surface area contributed by atoms with Crippen LogP contribution >= 0.6 is 0 Å². The third-order valence-corrected chi connectivity index (χ3v) is 10.00. The van der Waals surface area contributed by atoms with Crippen LogP contribution in [0.5, 0.6) is 5.75 Å². The summed E-state index contributed by atoms with van der Waals surface area (Å²) in [7, 11) is -1.96. The lowest BCUT2D eigenvalue weighted by Gasteiger charge is -2.25. The van der Waals surface area contributed by atoms with Gasteiger partial charge < -0.3 is 14.4 Å². The van der Waals surface area contributed by atoms with Crippen LogP contribution in [-0.4, -0.2) is 67.5 Å². The molecule has 1 amide bonds. The number of amides is 1. The first-order valence-corrected chi connectivity index (χ1v) is 15.7. The van der Waals surface area contributed by atoms with E-state index < -0.39 is 10.0 Å². The molecule has 0 spiro atoms. The Kier molecular flexibility index (Phi) is 8.50. The maximum absolute atomic E-state index is 13.6. The first-order valence-electron chi connectivity index (χ1n) is 14.1. The summed E-state index contributed by atoms with van der Waals surface area (Å²) in [6.07, 6.45) is 0.928. The lowest BCUT2D eigenvalue weighted by molar-refractivity contribution is 0.0339. The van der Waals surface area contributed by atoms with Gasteiger partial charge in [-0.15, -0.1) is 0 Å². The Hall–Kier alpha value is -3.27. The van der Waals surface area contributed by atoms with E-state index in [0.717, 1.165) is 40.9 Å². The molecule has 0 bridgehead atoms. The molecule has 3 aromatic rings. The number of hydrogen-bond acceptors (Lipinski definition) is 6. The number of aromatic nitrogens is 1. The molecule has 2 aliphatic heterocycles. The summed E-state index contributed by atoms with van der Waals surface area (Å²) >= 11 is 0. The number of sulfonamides is 1. The minimum absolute atomic E-state index is 0.0432. The Morgan fingerprint density at radius 3 is 2.54 bits per heavy atom. The van der Waals surface area contributed by atoms with E-state index in [1.165, 1.54) is 0 Å². The predicted octanol–water partition coefficient (Wildman–Crippen LogP) is 4.90. The zero-order chi connectivity index (χ0) is 29.3. The summed E-state index contributed by atoms with van der Waals surface area (Å²) in [5, 5.41) is 0. The van der Waals surface area contributed by atoms with Gasteiger partial charge in [-0.05, 0) is 81.5 Å². The van der Waals surface area contributed by atoms with E-state index >= 15 is 0 Å². The van der Waals surface area contributed by atoms with Crippen molar-refractivity contribution in [1.82, 2.24) is 14.2 Å². The highest BCUT2D eigenvalue weighted by atomic mass is 32.2. The first kappa shape index (κ1) is 29.2. The summed E-state index contributed by atoms with van der Waals surface area (Å²) in [5.41, 5.74) is 6.08. The van der Waals surface area contributed by atoms with Crippen molar-refractivity contribution in [3.8, 4) is 5.75 Å². The summed E-state index contributed by atoms with van der Waals surface area (Å²) in [5.74, 6) is 0.398. The van der Waals surface area contributed by atoms with Crippen molar-refractivity contribution in [1.29, 1.82) is 0 Å². The monoisotopic (exact) mass is 577 g/mol. The van der Waals surface area contributed by atoms with Gasteiger partial charge in [-0.25, -0.2) is 8.42 Å². The molecule has 1 aromatic heterocycles. The zero-order valence-electron chi connectivity index (χ0n) is 24.5. The van der Waals surface area contributed by atoms with E-state index in [4.69, 9.17) is 9.47 Å². The van der Waals surface area contributed by atoms with Crippen LogP contribution in [0.2, 0.25) is 0 Å². The molecule has 0 saturated carbocycles. The maximum atomic E-state index is 13.6. The molecule has 0 aliphatic carbocycles. The third kappa shape index (κ3) is 6.32. The van der Waals surface area contributed by atoms with Crippen LogP contribution in [0, 0.1) is 27.7 Å². The Bertz CT molecular complexity index is 1540. The van der Waals surface area contributed by atoms with E-state index in [9.17, 15) is 13.2 Å². The van der Waals surface area contributed by atoms with Gasteiger partial charge in [0.2, 0.25) is 10.0 Å². The molecule has 3 heterocycles. The van der Waals surface area contributed by atoms with Gasteiger partial charge in [0.1, 0.15) is 18.0 Å². The van der Waals surface area contributed by atoms with Crippen molar-refractivity contribution in [2.24, 2.45) is 0 Å². The number of hydrogen-bond donors (Lipinski definition) is 0. The van der Waals surface area contributed by atoms with Crippen molar-refractivity contribution in [3.05, 3.63) is 93.8 Å². The fraction of sp³-hybridized carbons (Fsp3) is 0.438. The van der Waals surface area contributed by atoms with Gasteiger partial charge >= 0.3 is 0 Å². The molecule has 2 aliphatic rings. The molecule has 0 radical (unpaired) electrons. The molecule has 8 nitrogen and oxygen atoms in total. The molecule has 2 fully saturated rings. The molecule has 218 valence electrons. The maximum Gasteiger partial charge on any atom is 0.254 e. The Labute approximate surface area is 243 Å². The number of methoxy groups -OCH3 is 1. The summed E-state index contributed by atoms with van der Waals surface area (Å²) in [4.78, 5) is 19.7.